The molecule has 28 heavy (non-hydrogen) atoms. The van der Waals surface area contributed by atoms with E-state index in [4.69, 9.17) is 0 Å². The first-order chi connectivity index (χ1) is 13.5. The second-order valence-electron chi connectivity index (χ2n) is 6.95. The molecule has 0 aliphatic carbocycles. The summed E-state index contributed by atoms with van der Waals surface area (Å²) < 4.78 is 0. The van der Waals surface area contributed by atoms with Gasteiger partial charge in [0.1, 0.15) is 5.69 Å². The van der Waals surface area contributed by atoms with Crippen LogP contribution in [0.5, 0.6) is 0 Å². The van der Waals surface area contributed by atoms with E-state index in [9.17, 15) is 4.79 Å². The van der Waals surface area contributed by atoms with Gasteiger partial charge in [0, 0.05) is 24.5 Å². The van der Waals surface area contributed by atoms with Crippen LogP contribution in [0.25, 0.3) is 0 Å². The summed E-state index contributed by atoms with van der Waals surface area (Å²) in [5.41, 5.74) is 5.49. The average molecular weight is 374 g/mol. The number of aromatic nitrogens is 2. The Bertz CT molecular complexity index is 984. The monoisotopic (exact) mass is 374 g/mol. The summed E-state index contributed by atoms with van der Waals surface area (Å²) >= 11 is 0. The summed E-state index contributed by atoms with van der Waals surface area (Å²) in [6.45, 7) is 9.09. The predicted molar refractivity (Wildman–Crippen MR) is 114 cm³/mol. The van der Waals surface area contributed by atoms with E-state index < -0.39 is 0 Å². The fourth-order valence-corrected chi connectivity index (χ4v) is 3.14. The number of nitrogens with one attached hydrogen (secondary N) is 1. The molecule has 1 aromatic heterocycles. The molecule has 0 fully saturated rings. The van der Waals surface area contributed by atoms with Gasteiger partial charge < -0.3 is 10.2 Å². The molecule has 1 N–H and O–H groups in total. The molecule has 0 unspecified atom stereocenters. The van der Waals surface area contributed by atoms with Gasteiger partial charge in [-0.1, -0.05) is 42.0 Å². The molecule has 144 valence electrons. The van der Waals surface area contributed by atoms with Crippen LogP contribution in [0.4, 0.5) is 11.6 Å². The molecule has 3 rings (SSSR count). The van der Waals surface area contributed by atoms with E-state index in [0.29, 0.717) is 24.7 Å². The lowest BCUT2D eigenvalue weighted by molar-refractivity contribution is 0.0983. The van der Waals surface area contributed by atoms with Gasteiger partial charge in [-0.25, -0.2) is 9.97 Å². The van der Waals surface area contributed by atoms with E-state index in [1.165, 1.54) is 5.56 Å². The van der Waals surface area contributed by atoms with E-state index in [0.717, 1.165) is 22.5 Å². The van der Waals surface area contributed by atoms with Crippen LogP contribution in [0.2, 0.25) is 0 Å². The fraction of sp³-hybridized carbons (Fsp3) is 0.261. The van der Waals surface area contributed by atoms with Crippen LogP contribution in [0, 0.1) is 20.8 Å². The molecule has 1 amide bonds. The average Bonchev–Trinajstić information content (AvgIpc) is 2.67. The van der Waals surface area contributed by atoms with Crippen LogP contribution >= 0.6 is 0 Å². The number of hydrogen-bond acceptors (Lipinski definition) is 4. The highest BCUT2D eigenvalue weighted by Crippen LogP contribution is 2.19. The summed E-state index contributed by atoms with van der Waals surface area (Å²) in [6.07, 6.45) is 0. The lowest BCUT2D eigenvalue weighted by Gasteiger charge is -2.21. The second kappa shape index (κ2) is 8.65. The van der Waals surface area contributed by atoms with Crippen molar-refractivity contribution in [1.29, 1.82) is 0 Å². The molecular formula is C23H26N4O. The molecule has 0 spiro atoms. The number of benzene rings is 2. The molecule has 3 aromatic rings. The van der Waals surface area contributed by atoms with E-state index >= 15 is 0 Å². The number of aryl methyl sites for hydroxylation is 3. The molecule has 0 saturated heterocycles. The van der Waals surface area contributed by atoms with Crippen LogP contribution in [0.1, 0.15) is 39.8 Å². The van der Waals surface area contributed by atoms with Crippen molar-refractivity contribution in [2.75, 3.05) is 16.8 Å². The Kier molecular flexibility index (Phi) is 6.04. The number of carbonyl (C=O) groups is 1. The molecular weight excluding hydrogens is 348 g/mol. The lowest BCUT2D eigenvalue weighted by Crippen LogP contribution is -2.31. The van der Waals surface area contributed by atoms with Crippen molar-refractivity contribution >= 4 is 17.5 Å². The zero-order chi connectivity index (χ0) is 20.1. The van der Waals surface area contributed by atoms with Crippen LogP contribution in [0.3, 0.4) is 0 Å². The Morgan fingerprint density at radius 3 is 2.36 bits per heavy atom. The standard InChI is InChI=1S/C23H26N4O/c1-5-27(20-11-7-9-17(3)13-20)22(28)21-14-18(4)25-23(26-21)24-15-19-10-6-8-16(2)12-19/h6-14H,5,15H2,1-4H3,(H,24,25,26). The summed E-state index contributed by atoms with van der Waals surface area (Å²) in [6, 6.07) is 17.9. The number of hydrogen-bond donors (Lipinski definition) is 1. The highest BCUT2D eigenvalue weighted by Gasteiger charge is 2.19. The first kappa shape index (κ1) is 19.5. The minimum atomic E-state index is -0.128. The summed E-state index contributed by atoms with van der Waals surface area (Å²) in [5.74, 6) is 0.336. The van der Waals surface area contributed by atoms with Gasteiger partial charge in [0.25, 0.3) is 5.91 Å². The van der Waals surface area contributed by atoms with Gasteiger partial charge in [-0.05, 0) is 57.0 Å². The summed E-state index contributed by atoms with van der Waals surface area (Å²) in [7, 11) is 0. The van der Waals surface area contributed by atoms with Gasteiger partial charge in [0.2, 0.25) is 5.95 Å². The molecule has 0 saturated carbocycles. The van der Waals surface area contributed by atoms with E-state index in [1.54, 1.807) is 11.0 Å². The summed E-state index contributed by atoms with van der Waals surface area (Å²) in [5, 5.41) is 3.24. The predicted octanol–water partition coefficient (Wildman–Crippen LogP) is 4.68. The molecule has 0 atom stereocenters. The maximum absolute atomic E-state index is 13.1. The third-order valence-corrected chi connectivity index (χ3v) is 4.48. The number of rotatable bonds is 6. The number of amides is 1. The summed E-state index contributed by atoms with van der Waals surface area (Å²) in [4.78, 5) is 23.8. The number of nitrogens with zero attached hydrogens (tertiary/aromatic N) is 3. The lowest BCUT2D eigenvalue weighted by atomic mass is 10.1. The van der Waals surface area contributed by atoms with Crippen molar-refractivity contribution in [3.05, 3.63) is 82.7 Å². The normalized spacial score (nSPS) is 10.6. The van der Waals surface area contributed by atoms with Crippen molar-refractivity contribution in [3.8, 4) is 0 Å². The molecule has 2 aromatic carbocycles. The SMILES string of the molecule is CCN(C(=O)c1cc(C)nc(NCc2cccc(C)c2)n1)c1cccc(C)c1. The molecule has 5 nitrogen and oxygen atoms in total. The van der Waals surface area contributed by atoms with Crippen LogP contribution in [-0.2, 0) is 6.54 Å². The van der Waals surface area contributed by atoms with E-state index in [-0.39, 0.29) is 5.91 Å². The first-order valence-corrected chi connectivity index (χ1v) is 9.50. The smallest absolute Gasteiger partial charge is 0.277 e. The Balaban J connectivity index is 1.82. The molecule has 5 heteroatoms. The van der Waals surface area contributed by atoms with Gasteiger partial charge in [-0.3, -0.25) is 4.79 Å². The highest BCUT2D eigenvalue weighted by molar-refractivity contribution is 6.05. The maximum Gasteiger partial charge on any atom is 0.277 e. The van der Waals surface area contributed by atoms with Crippen molar-refractivity contribution in [2.45, 2.75) is 34.2 Å². The Morgan fingerprint density at radius 2 is 1.68 bits per heavy atom. The topological polar surface area (TPSA) is 58.1 Å². The zero-order valence-corrected chi connectivity index (χ0v) is 16.9. The van der Waals surface area contributed by atoms with E-state index in [2.05, 4.69) is 40.4 Å². The third kappa shape index (κ3) is 4.74. The van der Waals surface area contributed by atoms with Crippen LogP contribution in [-0.4, -0.2) is 22.4 Å². The quantitative estimate of drug-likeness (QED) is 0.680. The molecule has 0 aliphatic heterocycles. The molecule has 0 bridgehead atoms. The third-order valence-electron chi connectivity index (χ3n) is 4.48. The molecule has 0 aliphatic rings. The van der Waals surface area contributed by atoms with Gasteiger partial charge in [0.15, 0.2) is 0 Å². The van der Waals surface area contributed by atoms with Crippen molar-refractivity contribution in [3.63, 3.8) is 0 Å². The van der Waals surface area contributed by atoms with Crippen molar-refractivity contribution in [2.24, 2.45) is 0 Å². The zero-order valence-electron chi connectivity index (χ0n) is 16.9. The molecule has 1 heterocycles. The second-order valence-corrected chi connectivity index (χ2v) is 6.95. The van der Waals surface area contributed by atoms with Crippen molar-refractivity contribution < 1.29 is 4.79 Å². The minimum Gasteiger partial charge on any atom is -0.350 e. The number of carbonyl (C=O) groups excluding carboxylic acids is 1. The van der Waals surface area contributed by atoms with Crippen molar-refractivity contribution in [1.82, 2.24) is 9.97 Å². The minimum absolute atomic E-state index is 0.128. The van der Waals surface area contributed by atoms with Crippen LogP contribution < -0.4 is 10.2 Å². The van der Waals surface area contributed by atoms with Gasteiger partial charge in [-0.15, -0.1) is 0 Å². The fourth-order valence-electron chi connectivity index (χ4n) is 3.14. The number of anilines is 2. The Hall–Kier alpha value is -3.21. The van der Waals surface area contributed by atoms with Gasteiger partial charge in [-0.2, -0.15) is 0 Å². The highest BCUT2D eigenvalue weighted by atomic mass is 16.2. The Morgan fingerprint density at radius 1 is 0.964 bits per heavy atom. The van der Waals surface area contributed by atoms with Gasteiger partial charge in [0.05, 0.1) is 0 Å². The van der Waals surface area contributed by atoms with E-state index in [1.807, 2.05) is 51.1 Å². The first-order valence-electron chi connectivity index (χ1n) is 9.50. The molecule has 0 radical (unpaired) electrons. The Labute approximate surface area is 166 Å². The van der Waals surface area contributed by atoms with Gasteiger partial charge >= 0.3 is 0 Å². The van der Waals surface area contributed by atoms with Crippen LogP contribution in [0.15, 0.2) is 54.6 Å². The maximum atomic E-state index is 13.1. The largest absolute Gasteiger partial charge is 0.350 e.